The van der Waals surface area contributed by atoms with Crippen molar-refractivity contribution in [3.8, 4) is 11.1 Å². The molecule has 1 heterocycles. The molecule has 0 bridgehead atoms. The van der Waals surface area contributed by atoms with Crippen LogP contribution in [0.2, 0.25) is 5.02 Å². The third-order valence-electron chi connectivity index (χ3n) is 2.11. The van der Waals surface area contributed by atoms with Crippen molar-refractivity contribution in [3.63, 3.8) is 0 Å². The van der Waals surface area contributed by atoms with E-state index in [9.17, 15) is 0 Å². The Morgan fingerprint density at radius 2 is 1.81 bits per heavy atom. The first-order chi connectivity index (χ1) is 7.20. The molecule has 2 nitrogen and oxygen atoms in total. The van der Waals surface area contributed by atoms with Gasteiger partial charge in [0.15, 0.2) is 0 Å². The van der Waals surface area contributed by atoms with E-state index in [1.54, 1.807) is 6.20 Å². The van der Waals surface area contributed by atoms with Gasteiger partial charge >= 0.3 is 29.6 Å². The summed E-state index contributed by atoms with van der Waals surface area (Å²) in [6.45, 7) is 0. The Kier molecular flexibility index (Phi) is 5.15. The molecule has 0 aliphatic rings. The summed E-state index contributed by atoms with van der Waals surface area (Å²) in [5.74, 6) is 0.339. The molecule has 0 saturated carbocycles. The molecule has 0 amide bonds. The Balaban J connectivity index is 0.00000128. The van der Waals surface area contributed by atoms with E-state index in [1.807, 2.05) is 30.3 Å². The summed E-state index contributed by atoms with van der Waals surface area (Å²) in [6, 6.07) is 9.54. The summed E-state index contributed by atoms with van der Waals surface area (Å²) in [5.41, 5.74) is 7.45. The van der Waals surface area contributed by atoms with E-state index in [-0.39, 0.29) is 29.6 Å². The molecule has 1 aromatic heterocycles. The van der Waals surface area contributed by atoms with Crippen LogP contribution in [0, 0.1) is 0 Å². The van der Waals surface area contributed by atoms with Crippen LogP contribution < -0.4 is 5.73 Å². The van der Waals surface area contributed by atoms with E-state index in [0.717, 1.165) is 16.0 Å². The van der Waals surface area contributed by atoms with Gasteiger partial charge in [0.25, 0.3) is 0 Å². The molecule has 16 heavy (non-hydrogen) atoms. The van der Waals surface area contributed by atoms with Crippen molar-refractivity contribution in [2.24, 2.45) is 0 Å². The molecule has 2 rings (SSSR count). The maximum absolute atomic E-state index is 6.08. The van der Waals surface area contributed by atoms with Crippen molar-refractivity contribution in [3.05, 3.63) is 41.6 Å². The maximum atomic E-state index is 6.08. The van der Waals surface area contributed by atoms with E-state index in [2.05, 4.69) is 17.6 Å². The predicted molar refractivity (Wildman–Crippen MR) is 73.5 cm³/mol. The van der Waals surface area contributed by atoms with Gasteiger partial charge in [-0.25, -0.2) is 4.98 Å². The molecule has 1 aromatic carbocycles. The first kappa shape index (κ1) is 13.9. The van der Waals surface area contributed by atoms with Gasteiger partial charge in [-0.15, -0.1) is 12.6 Å². The van der Waals surface area contributed by atoms with E-state index in [4.69, 9.17) is 17.3 Å². The van der Waals surface area contributed by atoms with Crippen molar-refractivity contribution in [2.45, 2.75) is 4.90 Å². The molecular formula is C11H10ClN2NaS. The number of hydrogen-bond acceptors (Lipinski definition) is 3. The number of rotatable bonds is 1. The van der Waals surface area contributed by atoms with E-state index in [1.165, 1.54) is 0 Å². The van der Waals surface area contributed by atoms with Gasteiger partial charge < -0.3 is 5.73 Å². The van der Waals surface area contributed by atoms with Crippen LogP contribution >= 0.6 is 24.2 Å². The average molecular weight is 261 g/mol. The predicted octanol–water partition coefficient (Wildman–Crippen LogP) is 2.62. The zero-order valence-corrected chi connectivity index (χ0v) is 9.46. The van der Waals surface area contributed by atoms with Crippen molar-refractivity contribution in [1.29, 1.82) is 0 Å². The summed E-state index contributed by atoms with van der Waals surface area (Å²) >= 11 is 10.4. The Morgan fingerprint density at radius 3 is 2.50 bits per heavy atom. The molecule has 0 unspecified atom stereocenters. The van der Waals surface area contributed by atoms with Gasteiger partial charge in [0.1, 0.15) is 5.82 Å². The van der Waals surface area contributed by atoms with E-state index >= 15 is 0 Å². The number of halogens is 1. The number of aromatic nitrogens is 1. The van der Waals surface area contributed by atoms with Crippen LogP contribution in [0.1, 0.15) is 0 Å². The normalized spacial score (nSPS) is 9.62. The van der Waals surface area contributed by atoms with Crippen LogP contribution in [0.15, 0.2) is 41.4 Å². The molecular weight excluding hydrogens is 251 g/mol. The zero-order valence-electron chi connectivity index (χ0n) is 7.81. The topological polar surface area (TPSA) is 38.9 Å². The number of hydrogen-bond donors (Lipinski definition) is 2. The van der Waals surface area contributed by atoms with Crippen molar-refractivity contribution in [1.82, 2.24) is 4.98 Å². The molecule has 0 fully saturated rings. The van der Waals surface area contributed by atoms with Crippen LogP contribution in [-0.2, 0) is 0 Å². The number of pyridine rings is 1. The van der Waals surface area contributed by atoms with Gasteiger partial charge in [0.2, 0.25) is 0 Å². The average Bonchev–Trinajstić information content (AvgIpc) is 2.23. The third-order valence-corrected chi connectivity index (χ3v) is 2.90. The molecule has 0 aliphatic heterocycles. The summed E-state index contributed by atoms with van der Waals surface area (Å²) < 4.78 is 0. The molecule has 0 saturated heterocycles. The van der Waals surface area contributed by atoms with E-state index < -0.39 is 0 Å². The van der Waals surface area contributed by atoms with Crippen molar-refractivity contribution >= 4 is 59.6 Å². The second-order valence-corrected chi connectivity index (χ2v) is 3.93. The monoisotopic (exact) mass is 260 g/mol. The molecule has 0 spiro atoms. The quantitative estimate of drug-likeness (QED) is 0.611. The van der Waals surface area contributed by atoms with Crippen LogP contribution in [-0.4, -0.2) is 34.5 Å². The van der Waals surface area contributed by atoms with Crippen LogP contribution in [0.25, 0.3) is 11.1 Å². The second-order valence-electron chi connectivity index (χ2n) is 3.07. The van der Waals surface area contributed by atoms with Gasteiger partial charge in [0.05, 0.1) is 5.02 Å². The Morgan fingerprint density at radius 1 is 1.12 bits per heavy atom. The van der Waals surface area contributed by atoms with Crippen LogP contribution in [0.4, 0.5) is 5.82 Å². The fraction of sp³-hybridized carbons (Fsp3) is 0. The van der Waals surface area contributed by atoms with Crippen LogP contribution in [0.3, 0.4) is 0 Å². The third kappa shape index (κ3) is 2.73. The van der Waals surface area contributed by atoms with E-state index in [0.29, 0.717) is 10.8 Å². The molecule has 2 aromatic rings. The summed E-state index contributed by atoms with van der Waals surface area (Å²) in [5, 5.41) is 0.471. The number of nitrogen functional groups attached to an aromatic ring is 1. The number of thiol groups is 1. The van der Waals surface area contributed by atoms with Gasteiger partial charge in [-0.2, -0.15) is 0 Å². The molecule has 0 atom stereocenters. The number of benzene rings is 1. The fourth-order valence-corrected chi connectivity index (χ4v) is 1.86. The Labute approximate surface area is 127 Å². The first-order valence-corrected chi connectivity index (χ1v) is 5.21. The second kappa shape index (κ2) is 5.94. The molecule has 78 valence electrons. The van der Waals surface area contributed by atoms with Gasteiger partial charge in [-0.3, -0.25) is 0 Å². The number of nitrogens with zero attached hydrogens (tertiary/aromatic N) is 1. The number of nitrogens with two attached hydrogens (primary N) is 1. The zero-order chi connectivity index (χ0) is 10.8. The molecule has 2 N–H and O–H groups in total. The standard InChI is InChI=1S/C11H9ClN2S.Na.H/c12-10-8(5-6-14-11(10)13)7-3-1-2-4-9(7)15;;/h1-6,15H,(H2,13,14);;. The summed E-state index contributed by atoms with van der Waals surface area (Å²) in [7, 11) is 0. The molecule has 0 aliphatic carbocycles. The minimum atomic E-state index is 0. The van der Waals surface area contributed by atoms with Gasteiger partial charge in [-0.1, -0.05) is 29.8 Å². The summed E-state index contributed by atoms with van der Waals surface area (Å²) in [4.78, 5) is 4.78. The van der Waals surface area contributed by atoms with Crippen molar-refractivity contribution in [2.75, 3.05) is 5.73 Å². The Bertz CT molecular complexity index is 505. The van der Waals surface area contributed by atoms with Gasteiger partial charge in [-0.05, 0) is 17.7 Å². The Hall–Kier alpha value is -0.190. The number of anilines is 1. The summed E-state index contributed by atoms with van der Waals surface area (Å²) in [6.07, 6.45) is 1.64. The SMILES string of the molecule is Nc1nccc(-c2ccccc2S)c1Cl.[NaH]. The van der Waals surface area contributed by atoms with Gasteiger partial charge in [0, 0.05) is 16.7 Å². The first-order valence-electron chi connectivity index (χ1n) is 4.38. The van der Waals surface area contributed by atoms with Crippen LogP contribution in [0.5, 0.6) is 0 Å². The molecule has 5 heteroatoms. The fourth-order valence-electron chi connectivity index (χ4n) is 1.37. The van der Waals surface area contributed by atoms with Crippen molar-refractivity contribution < 1.29 is 0 Å². The molecule has 0 radical (unpaired) electrons. The minimum absolute atomic E-state index is 0.